The van der Waals surface area contributed by atoms with E-state index in [1.54, 1.807) is 19.3 Å². The molecule has 0 amide bonds. The van der Waals surface area contributed by atoms with Gasteiger partial charge in [0, 0.05) is 18.0 Å². The summed E-state index contributed by atoms with van der Waals surface area (Å²) < 4.78 is 0. The van der Waals surface area contributed by atoms with Crippen molar-refractivity contribution in [2.45, 2.75) is 26.7 Å². The quantitative estimate of drug-likeness (QED) is 0.769. The molecule has 0 aromatic carbocycles. The Morgan fingerprint density at radius 2 is 2.27 bits per heavy atom. The van der Waals surface area contributed by atoms with E-state index in [1.807, 2.05) is 19.1 Å². The average Bonchev–Trinajstić information content (AvgIpc) is 2.26. The molecule has 0 saturated heterocycles. The molecule has 80 valence electrons. The normalized spacial score (nSPS) is 12.1. The molecule has 15 heavy (non-hydrogen) atoms. The predicted octanol–water partition coefficient (Wildman–Crippen LogP) is 2.74. The highest BCUT2D eigenvalue weighted by atomic mass is 16.4. The minimum absolute atomic E-state index is 0.407. The van der Waals surface area contributed by atoms with Gasteiger partial charge in [0.25, 0.3) is 0 Å². The smallest absolute Gasteiger partial charge is 0.331 e. The third-order valence-corrected chi connectivity index (χ3v) is 2.28. The maximum absolute atomic E-state index is 10.9. The Balaban J connectivity index is 3.14. The molecular weight excluding hydrogens is 190 g/mol. The van der Waals surface area contributed by atoms with Crippen LogP contribution in [0.1, 0.15) is 32.3 Å². The average molecular weight is 205 g/mol. The number of aliphatic carboxylic acids is 1. The highest BCUT2D eigenvalue weighted by molar-refractivity contribution is 5.95. The van der Waals surface area contributed by atoms with Gasteiger partial charge in [-0.2, -0.15) is 0 Å². The minimum Gasteiger partial charge on any atom is -0.478 e. The predicted molar refractivity (Wildman–Crippen MR) is 59.4 cm³/mol. The molecule has 3 heteroatoms. The number of aromatic nitrogens is 1. The highest BCUT2D eigenvalue weighted by Crippen LogP contribution is 2.23. The van der Waals surface area contributed by atoms with E-state index in [4.69, 9.17) is 5.11 Å². The van der Waals surface area contributed by atoms with Crippen molar-refractivity contribution in [1.29, 1.82) is 0 Å². The van der Waals surface area contributed by atoms with Gasteiger partial charge in [0.2, 0.25) is 0 Å². The van der Waals surface area contributed by atoms with E-state index in [0.717, 1.165) is 24.0 Å². The van der Waals surface area contributed by atoms with E-state index >= 15 is 0 Å². The maximum Gasteiger partial charge on any atom is 0.331 e. The number of pyridine rings is 1. The molecule has 1 rings (SSSR count). The topological polar surface area (TPSA) is 50.2 Å². The van der Waals surface area contributed by atoms with Crippen LogP contribution in [0.15, 0.2) is 30.1 Å². The third-order valence-electron chi connectivity index (χ3n) is 2.28. The van der Waals surface area contributed by atoms with Crippen LogP contribution in [0.25, 0.3) is 5.57 Å². The molecule has 0 fully saturated rings. The third kappa shape index (κ3) is 2.91. The lowest BCUT2D eigenvalue weighted by Crippen LogP contribution is -2.01. The zero-order valence-corrected chi connectivity index (χ0v) is 9.03. The van der Waals surface area contributed by atoms with Crippen LogP contribution < -0.4 is 0 Å². The Bertz CT molecular complexity index is 368. The number of allylic oxidation sites excluding steroid dienone is 1. The number of carboxylic acids is 1. The molecule has 1 aromatic heterocycles. The van der Waals surface area contributed by atoms with E-state index in [-0.39, 0.29) is 0 Å². The Kier molecular flexibility index (Phi) is 4.03. The molecular formula is C12H15NO2. The summed E-state index contributed by atoms with van der Waals surface area (Å²) >= 11 is 0. The summed E-state index contributed by atoms with van der Waals surface area (Å²) in [5.41, 5.74) is 2.18. The van der Waals surface area contributed by atoms with Gasteiger partial charge < -0.3 is 5.11 Å². The lowest BCUT2D eigenvalue weighted by atomic mass is 9.98. The Labute approximate surface area is 89.5 Å². The van der Waals surface area contributed by atoms with Crippen molar-refractivity contribution >= 4 is 11.5 Å². The molecule has 0 atom stereocenters. The first kappa shape index (κ1) is 11.4. The van der Waals surface area contributed by atoms with E-state index in [1.165, 1.54) is 0 Å². The Hall–Kier alpha value is -1.64. The molecule has 3 nitrogen and oxygen atoms in total. The van der Waals surface area contributed by atoms with Gasteiger partial charge in [-0.3, -0.25) is 4.98 Å². The van der Waals surface area contributed by atoms with E-state index in [9.17, 15) is 4.79 Å². The van der Waals surface area contributed by atoms with Gasteiger partial charge in [-0.1, -0.05) is 19.4 Å². The van der Waals surface area contributed by atoms with Crippen LogP contribution in [-0.2, 0) is 4.79 Å². The van der Waals surface area contributed by atoms with E-state index < -0.39 is 5.97 Å². The first-order chi connectivity index (χ1) is 7.16. The molecule has 0 spiro atoms. The summed E-state index contributed by atoms with van der Waals surface area (Å²) in [7, 11) is 0. The fourth-order valence-electron chi connectivity index (χ4n) is 1.47. The van der Waals surface area contributed by atoms with Crippen LogP contribution in [-0.4, -0.2) is 16.1 Å². The summed E-state index contributed by atoms with van der Waals surface area (Å²) in [6.07, 6.45) is 5.08. The van der Waals surface area contributed by atoms with Crippen molar-refractivity contribution in [3.63, 3.8) is 0 Å². The number of carbonyl (C=O) groups is 1. The number of hydrogen-bond acceptors (Lipinski definition) is 2. The number of carboxylic acid groups (broad SMARTS) is 1. The molecule has 0 radical (unpaired) electrons. The van der Waals surface area contributed by atoms with Gasteiger partial charge in [-0.25, -0.2) is 4.79 Å². The second kappa shape index (κ2) is 5.29. The molecule has 0 aliphatic rings. The fraction of sp³-hybridized carbons (Fsp3) is 0.333. The second-order valence-corrected chi connectivity index (χ2v) is 3.40. The number of hydrogen-bond donors (Lipinski definition) is 1. The van der Waals surface area contributed by atoms with Crippen LogP contribution in [0.4, 0.5) is 0 Å². The molecule has 1 N–H and O–H groups in total. The number of nitrogens with zero attached hydrogens (tertiary/aromatic N) is 1. The van der Waals surface area contributed by atoms with Gasteiger partial charge in [0.15, 0.2) is 0 Å². The first-order valence-electron chi connectivity index (χ1n) is 5.00. The lowest BCUT2D eigenvalue weighted by molar-refractivity contribution is -0.132. The van der Waals surface area contributed by atoms with Gasteiger partial charge in [-0.05, 0) is 30.5 Å². The van der Waals surface area contributed by atoms with Crippen molar-refractivity contribution < 1.29 is 9.90 Å². The van der Waals surface area contributed by atoms with Gasteiger partial charge in [0.1, 0.15) is 0 Å². The summed E-state index contributed by atoms with van der Waals surface area (Å²) in [6, 6.07) is 3.71. The molecule has 0 unspecified atom stereocenters. The molecule has 0 aliphatic heterocycles. The number of rotatable bonds is 4. The zero-order chi connectivity index (χ0) is 11.3. The first-order valence-corrected chi connectivity index (χ1v) is 5.00. The summed E-state index contributed by atoms with van der Waals surface area (Å²) in [4.78, 5) is 14.9. The van der Waals surface area contributed by atoms with Crippen molar-refractivity contribution in [3.8, 4) is 0 Å². The van der Waals surface area contributed by atoms with Crippen LogP contribution in [0, 0.1) is 0 Å². The Morgan fingerprint density at radius 1 is 1.53 bits per heavy atom. The molecule has 1 heterocycles. The largest absolute Gasteiger partial charge is 0.478 e. The molecule has 0 aliphatic carbocycles. The summed E-state index contributed by atoms with van der Waals surface area (Å²) in [6.45, 7) is 3.67. The standard InChI is InChI=1S/C12H15NO2/c1-3-5-11(9(2)12(14)15)10-6-4-7-13-8-10/h4,6-8H,3,5H2,1-2H3,(H,14,15). The van der Waals surface area contributed by atoms with Crippen LogP contribution in [0.3, 0.4) is 0 Å². The zero-order valence-electron chi connectivity index (χ0n) is 9.03. The lowest BCUT2D eigenvalue weighted by Gasteiger charge is -2.08. The Morgan fingerprint density at radius 3 is 2.73 bits per heavy atom. The van der Waals surface area contributed by atoms with Gasteiger partial charge in [0.05, 0.1) is 0 Å². The van der Waals surface area contributed by atoms with E-state index in [0.29, 0.717) is 5.57 Å². The summed E-state index contributed by atoms with van der Waals surface area (Å²) in [5, 5.41) is 8.96. The SMILES string of the molecule is CCCC(=C(C)C(=O)O)c1cccnc1. The fourth-order valence-corrected chi connectivity index (χ4v) is 1.47. The van der Waals surface area contributed by atoms with Crippen LogP contribution >= 0.6 is 0 Å². The highest BCUT2D eigenvalue weighted by Gasteiger charge is 2.10. The van der Waals surface area contributed by atoms with Crippen molar-refractivity contribution in [2.24, 2.45) is 0 Å². The molecule has 0 bridgehead atoms. The summed E-state index contributed by atoms with van der Waals surface area (Å²) in [5.74, 6) is -0.859. The van der Waals surface area contributed by atoms with Crippen molar-refractivity contribution in [3.05, 3.63) is 35.7 Å². The monoisotopic (exact) mass is 205 g/mol. The van der Waals surface area contributed by atoms with Crippen LogP contribution in [0.2, 0.25) is 0 Å². The maximum atomic E-state index is 10.9. The van der Waals surface area contributed by atoms with Gasteiger partial charge >= 0.3 is 5.97 Å². The minimum atomic E-state index is -0.859. The molecule has 0 saturated carbocycles. The molecule has 1 aromatic rings. The van der Waals surface area contributed by atoms with Crippen molar-refractivity contribution in [2.75, 3.05) is 0 Å². The van der Waals surface area contributed by atoms with Crippen molar-refractivity contribution in [1.82, 2.24) is 4.98 Å². The van der Waals surface area contributed by atoms with E-state index in [2.05, 4.69) is 4.98 Å². The van der Waals surface area contributed by atoms with Gasteiger partial charge in [-0.15, -0.1) is 0 Å². The second-order valence-electron chi connectivity index (χ2n) is 3.40. The van der Waals surface area contributed by atoms with Crippen LogP contribution in [0.5, 0.6) is 0 Å².